The summed E-state index contributed by atoms with van der Waals surface area (Å²) in [6.45, 7) is 3.80. The highest BCUT2D eigenvalue weighted by Crippen LogP contribution is 2.30. The molecular formula is C20H34F2N4O3. The Morgan fingerprint density at radius 1 is 0.931 bits per heavy atom. The third kappa shape index (κ3) is 6.33. The van der Waals surface area contributed by atoms with Crippen LogP contribution in [0, 0.1) is 5.92 Å². The highest BCUT2D eigenvalue weighted by Gasteiger charge is 2.38. The summed E-state index contributed by atoms with van der Waals surface area (Å²) in [5, 5.41) is 11.0. The number of aliphatic hydroxyl groups is 1. The fourth-order valence-electron chi connectivity index (χ4n) is 4.71. The van der Waals surface area contributed by atoms with Gasteiger partial charge in [0, 0.05) is 51.5 Å². The standard InChI is InChI=1S/C20H34F2N4O3/c21-20(22)6-11-25(12-7-20)15-19(29)4-1-8-26(13-5-19)17(27)14-24-9-2-16(3-10-24)18(23)28/h16,29H,1-15H2,(H2,23,28)/t19-/m0/s1. The lowest BCUT2D eigenvalue weighted by Gasteiger charge is -2.37. The number of nitrogens with two attached hydrogens (primary N) is 1. The Hall–Kier alpha value is -1.32. The van der Waals surface area contributed by atoms with Gasteiger partial charge in [0.2, 0.25) is 11.8 Å². The number of piperidine rings is 2. The molecule has 3 rings (SSSR count). The molecule has 166 valence electrons. The normalized spacial score (nSPS) is 30.1. The molecule has 0 radical (unpaired) electrons. The maximum Gasteiger partial charge on any atom is 0.250 e. The van der Waals surface area contributed by atoms with E-state index in [0.29, 0.717) is 84.5 Å². The first kappa shape index (κ1) is 22.4. The van der Waals surface area contributed by atoms with Crippen molar-refractivity contribution in [2.45, 2.75) is 56.5 Å². The molecule has 3 N–H and O–H groups in total. The van der Waals surface area contributed by atoms with Gasteiger partial charge in [-0.3, -0.25) is 14.5 Å². The van der Waals surface area contributed by atoms with Crippen LogP contribution in [0.2, 0.25) is 0 Å². The molecule has 0 aromatic carbocycles. The minimum atomic E-state index is -2.59. The van der Waals surface area contributed by atoms with Gasteiger partial charge in [0.05, 0.1) is 12.1 Å². The summed E-state index contributed by atoms with van der Waals surface area (Å²) in [5.41, 5.74) is 4.43. The van der Waals surface area contributed by atoms with Crippen molar-refractivity contribution in [3.63, 3.8) is 0 Å². The number of carbonyl (C=O) groups excluding carboxylic acids is 2. The summed E-state index contributed by atoms with van der Waals surface area (Å²) < 4.78 is 26.7. The Bertz CT molecular complexity index is 588. The fraction of sp³-hybridized carbons (Fsp3) is 0.900. The molecule has 2 amide bonds. The predicted octanol–water partition coefficient (Wildman–Crippen LogP) is 0.658. The quantitative estimate of drug-likeness (QED) is 0.687. The molecule has 0 bridgehead atoms. The van der Waals surface area contributed by atoms with Gasteiger partial charge in [0.25, 0.3) is 5.92 Å². The Morgan fingerprint density at radius 2 is 1.59 bits per heavy atom. The van der Waals surface area contributed by atoms with Gasteiger partial charge in [-0.25, -0.2) is 8.78 Å². The summed E-state index contributed by atoms with van der Waals surface area (Å²) in [7, 11) is 0. The number of carbonyl (C=O) groups is 2. The number of amides is 2. The maximum absolute atomic E-state index is 13.4. The summed E-state index contributed by atoms with van der Waals surface area (Å²) in [6, 6.07) is 0. The van der Waals surface area contributed by atoms with E-state index in [1.54, 1.807) is 0 Å². The topological polar surface area (TPSA) is 90.1 Å². The van der Waals surface area contributed by atoms with Crippen molar-refractivity contribution in [1.82, 2.24) is 14.7 Å². The van der Waals surface area contributed by atoms with Gasteiger partial charge >= 0.3 is 0 Å². The fourth-order valence-corrected chi connectivity index (χ4v) is 4.71. The van der Waals surface area contributed by atoms with E-state index >= 15 is 0 Å². The first-order valence-corrected chi connectivity index (χ1v) is 10.8. The second kappa shape index (κ2) is 9.22. The first-order valence-electron chi connectivity index (χ1n) is 10.8. The van der Waals surface area contributed by atoms with Crippen LogP contribution >= 0.6 is 0 Å². The van der Waals surface area contributed by atoms with Crippen LogP contribution in [0.5, 0.6) is 0 Å². The van der Waals surface area contributed by atoms with Gasteiger partial charge in [-0.15, -0.1) is 0 Å². The second-order valence-electron chi connectivity index (χ2n) is 9.04. The number of β-amino-alcohol motifs (C(OH)–C–C–N with tert-alkyl or cyclic N) is 1. The monoisotopic (exact) mass is 416 g/mol. The van der Waals surface area contributed by atoms with Crippen LogP contribution < -0.4 is 5.73 Å². The number of hydrogen-bond acceptors (Lipinski definition) is 5. The highest BCUT2D eigenvalue weighted by atomic mass is 19.3. The van der Waals surface area contributed by atoms with Gasteiger partial charge in [-0.2, -0.15) is 0 Å². The molecule has 7 nitrogen and oxygen atoms in total. The van der Waals surface area contributed by atoms with Crippen LogP contribution in [-0.4, -0.2) is 95.5 Å². The zero-order valence-corrected chi connectivity index (χ0v) is 17.1. The van der Waals surface area contributed by atoms with Crippen LogP contribution in [0.3, 0.4) is 0 Å². The van der Waals surface area contributed by atoms with Gasteiger partial charge in [0.1, 0.15) is 0 Å². The van der Waals surface area contributed by atoms with Crippen LogP contribution in [-0.2, 0) is 9.59 Å². The molecule has 0 aliphatic carbocycles. The number of alkyl halides is 2. The molecule has 3 aliphatic rings. The van der Waals surface area contributed by atoms with Gasteiger partial charge in [-0.1, -0.05) is 0 Å². The molecule has 0 aromatic heterocycles. The van der Waals surface area contributed by atoms with E-state index in [0.717, 1.165) is 0 Å². The molecule has 29 heavy (non-hydrogen) atoms. The molecule has 0 spiro atoms. The molecule has 1 atom stereocenters. The van der Waals surface area contributed by atoms with Crippen molar-refractivity contribution >= 4 is 11.8 Å². The van der Waals surface area contributed by atoms with Gasteiger partial charge in [-0.05, 0) is 45.2 Å². The zero-order chi connectivity index (χ0) is 21.1. The summed E-state index contributed by atoms with van der Waals surface area (Å²) >= 11 is 0. The van der Waals surface area contributed by atoms with Crippen molar-refractivity contribution < 1.29 is 23.5 Å². The van der Waals surface area contributed by atoms with E-state index in [1.165, 1.54) is 0 Å². The molecule has 0 saturated carbocycles. The smallest absolute Gasteiger partial charge is 0.250 e. The Balaban J connectivity index is 1.44. The van der Waals surface area contributed by atoms with Crippen molar-refractivity contribution in [2.24, 2.45) is 11.7 Å². The minimum absolute atomic E-state index is 0.0457. The van der Waals surface area contributed by atoms with E-state index in [-0.39, 0.29) is 30.6 Å². The van der Waals surface area contributed by atoms with E-state index in [4.69, 9.17) is 5.73 Å². The summed E-state index contributed by atoms with van der Waals surface area (Å²) in [6.07, 6.45) is 2.83. The van der Waals surface area contributed by atoms with Crippen LogP contribution in [0.25, 0.3) is 0 Å². The SMILES string of the molecule is NC(=O)C1CCN(CC(=O)N2CCC[C@@](O)(CN3CCC(F)(F)CC3)CC2)CC1. The molecular weight excluding hydrogens is 382 g/mol. The lowest BCUT2D eigenvalue weighted by molar-refractivity contribution is -0.133. The third-order valence-electron chi connectivity index (χ3n) is 6.72. The predicted molar refractivity (Wildman–Crippen MR) is 104 cm³/mol. The third-order valence-corrected chi connectivity index (χ3v) is 6.72. The van der Waals surface area contributed by atoms with Crippen LogP contribution in [0.4, 0.5) is 8.78 Å². The molecule has 3 heterocycles. The summed E-state index contributed by atoms with van der Waals surface area (Å²) in [5.74, 6) is -2.90. The van der Waals surface area contributed by atoms with Crippen molar-refractivity contribution in [3.8, 4) is 0 Å². The van der Waals surface area contributed by atoms with Crippen molar-refractivity contribution in [1.29, 1.82) is 0 Å². The van der Waals surface area contributed by atoms with Crippen LogP contribution in [0.15, 0.2) is 0 Å². The summed E-state index contributed by atoms with van der Waals surface area (Å²) in [4.78, 5) is 29.8. The van der Waals surface area contributed by atoms with E-state index in [1.807, 2.05) is 9.80 Å². The van der Waals surface area contributed by atoms with Crippen molar-refractivity contribution in [3.05, 3.63) is 0 Å². The molecule has 3 fully saturated rings. The number of nitrogens with zero attached hydrogens (tertiary/aromatic N) is 3. The molecule has 3 aliphatic heterocycles. The second-order valence-corrected chi connectivity index (χ2v) is 9.04. The lowest BCUT2D eigenvalue weighted by Crippen LogP contribution is -2.49. The Morgan fingerprint density at radius 3 is 2.21 bits per heavy atom. The molecule has 0 unspecified atom stereocenters. The molecule has 3 saturated heterocycles. The number of rotatable bonds is 5. The van der Waals surface area contributed by atoms with Gasteiger partial charge in [0.15, 0.2) is 0 Å². The first-order chi connectivity index (χ1) is 13.7. The van der Waals surface area contributed by atoms with Crippen molar-refractivity contribution in [2.75, 3.05) is 52.4 Å². The lowest BCUT2D eigenvalue weighted by atomic mass is 9.93. The largest absolute Gasteiger partial charge is 0.388 e. The molecule has 9 heteroatoms. The Labute approximate surface area is 171 Å². The van der Waals surface area contributed by atoms with Crippen LogP contribution in [0.1, 0.15) is 44.9 Å². The Kier molecular flexibility index (Phi) is 7.11. The average Bonchev–Trinajstić information content (AvgIpc) is 2.86. The number of halogens is 2. The van der Waals surface area contributed by atoms with E-state index < -0.39 is 11.5 Å². The number of hydrogen-bond donors (Lipinski definition) is 2. The minimum Gasteiger partial charge on any atom is -0.388 e. The van der Waals surface area contributed by atoms with E-state index in [9.17, 15) is 23.5 Å². The maximum atomic E-state index is 13.4. The molecule has 0 aromatic rings. The zero-order valence-electron chi connectivity index (χ0n) is 17.1. The highest BCUT2D eigenvalue weighted by molar-refractivity contribution is 5.78. The number of primary amides is 1. The van der Waals surface area contributed by atoms with E-state index in [2.05, 4.69) is 4.90 Å². The number of likely N-dealkylation sites (tertiary alicyclic amines) is 3. The average molecular weight is 417 g/mol. The van der Waals surface area contributed by atoms with Gasteiger partial charge < -0.3 is 20.6 Å².